The minimum Gasteiger partial charge on any atom is -0.508 e. The quantitative estimate of drug-likeness (QED) is 0.812. The lowest BCUT2D eigenvalue weighted by Gasteiger charge is -2.30. The summed E-state index contributed by atoms with van der Waals surface area (Å²) in [5.74, 6) is 0.760. The Balaban J connectivity index is 1.56. The fourth-order valence-corrected chi connectivity index (χ4v) is 3.57. The molecule has 3 rings (SSSR count). The van der Waals surface area contributed by atoms with E-state index in [1.165, 1.54) is 0 Å². The summed E-state index contributed by atoms with van der Waals surface area (Å²) in [7, 11) is 0. The summed E-state index contributed by atoms with van der Waals surface area (Å²) >= 11 is 0. The Bertz CT molecular complexity index is 542. The largest absolute Gasteiger partial charge is 0.508 e. The monoisotopic (exact) mass is 334 g/mol. The smallest absolute Gasteiger partial charge is 0.227 e. The van der Waals surface area contributed by atoms with Gasteiger partial charge in [0.2, 0.25) is 5.91 Å². The second-order valence-corrected chi connectivity index (χ2v) is 6.76. The van der Waals surface area contributed by atoms with E-state index in [9.17, 15) is 15.0 Å². The molecule has 6 heteroatoms. The van der Waals surface area contributed by atoms with Crippen molar-refractivity contribution in [1.82, 2.24) is 9.80 Å². The van der Waals surface area contributed by atoms with Crippen molar-refractivity contribution in [3.8, 4) is 5.75 Å². The number of nitrogens with zero attached hydrogens (tertiary/aromatic N) is 2. The predicted molar refractivity (Wildman–Crippen MR) is 89.7 cm³/mol. The van der Waals surface area contributed by atoms with Crippen LogP contribution in [0.3, 0.4) is 0 Å². The van der Waals surface area contributed by atoms with Gasteiger partial charge < -0.3 is 19.8 Å². The van der Waals surface area contributed by atoms with Crippen LogP contribution in [0.2, 0.25) is 0 Å². The average Bonchev–Trinajstić information content (AvgIpc) is 3.01. The third-order valence-electron chi connectivity index (χ3n) is 5.05. The molecule has 1 aromatic carbocycles. The number of benzene rings is 1. The van der Waals surface area contributed by atoms with E-state index in [1.54, 1.807) is 24.3 Å². The molecule has 0 unspecified atom stereocenters. The Kier molecular flexibility index (Phi) is 5.71. The van der Waals surface area contributed by atoms with Crippen molar-refractivity contribution in [2.24, 2.45) is 11.8 Å². The van der Waals surface area contributed by atoms with Crippen molar-refractivity contribution in [1.29, 1.82) is 0 Å². The van der Waals surface area contributed by atoms with E-state index in [4.69, 9.17) is 4.74 Å². The average molecular weight is 334 g/mol. The van der Waals surface area contributed by atoms with Gasteiger partial charge in [-0.1, -0.05) is 12.1 Å². The molecule has 2 atom stereocenters. The number of rotatable bonds is 5. The maximum absolute atomic E-state index is 12.5. The van der Waals surface area contributed by atoms with Crippen LogP contribution in [0.1, 0.15) is 5.56 Å². The molecule has 1 amide bonds. The number of phenols is 1. The molecular weight excluding hydrogens is 308 g/mol. The Labute approximate surface area is 142 Å². The first-order chi connectivity index (χ1) is 11.7. The van der Waals surface area contributed by atoms with Crippen molar-refractivity contribution in [3.05, 3.63) is 29.8 Å². The van der Waals surface area contributed by atoms with Crippen LogP contribution in [0.25, 0.3) is 0 Å². The zero-order valence-electron chi connectivity index (χ0n) is 13.9. The van der Waals surface area contributed by atoms with Gasteiger partial charge in [0.05, 0.1) is 19.6 Å². The normalized spacial score (nSPS) is 25.1. The van der Waals surface area contributed by atoms with E-state index < -0.39 is 0 Å². The molecule has 0 saturated carbocycles. The highest BCUT2D eigenvalue weighted by atomic mass is 16.5. The fraction of sp³-hybridized carbons (Fsp3) is 0.611. The number of aliphatic hydroxyl groups is 1. The second kappa shape index (κ2) is 7.96. The summed E-state index contributed by atoms with van der Waals surface area (Å²) in [6, 6.07) is 6.75. The van der Waals surface area contributed by atoms with Crippen molar-refractivity contribution in [3.63, 3.8) is 0 Å². The van der Waals surface area contributed by atoms with Gasteiger partial charge in [0, 0.05) is 45.2 Å². The third kappa shape index (κ3) is 4.26. The maximum atomic E-state index is 12.5. The summed E-state index contributed by atoms with van der Waals surface area (Å²) in [4.78, 5) is 16.8. The molecule has 2 aliphatic heterocycles. The van der Waals surface area contributed by atoms with Gasteiger partial charge >= 0.3 is 0 Å². The van der Waals surface area contributed by atoms with Gasteiger partial charge in [-0.3, -0.25) is 9.69 Å². The maximum Gasteiger partial charge on any atom is 0.227 e. The van der Waals surface area contributed by atoms with E-state index in [-0.39, 0.29) is 24.2 Å². The van der Waals surface area contributed by atoms with Gasteiger partial charge in [-0.25, -0.2) is 0 Å². The summed E-state index contributed by atoms with van der Waals surface area (Å²) in [5, 5.41) is 19.0. The summed E-state index contributed by atoms with van der Waals surface area (Å²) in [6.45, 7) is 5.75. The van der Waals surface area contributed by atoms with E-state index in [0.717, 1.165) is 38.4 Å². The number of aromatic hydroxyl groups is 1. The van der Waals surface area contributed by atoms with Gasteiger partial charge in [0.15, 0.2) is 0 Å². The molecular formula is C18H26N2O4. The SMILES string of the molecule is O=C(Cc1ccc(O)cc1)N1C[C@@H](CO)[C@@H](CN2CCOCC2)C1. The highest BCUT2D eigenvalue weighted by Gasteiger charge is 2.35. The highest BCUT2D eigenvalue weighted by Crippen LogP contribution is 2.25. The van der Waals surface area contributed by atoms with E-state index in [2.05, 4.69) is 4.90 Å². The lowest BCUT2D eigenvalue weighted by atomic mass is 9.96. The molecule has 1 aromatic rings. The summed E-state index contributed by atoms with van der Waals surface area (Å²) in [5.41, 5.74) is 0.898. The standard InChI is InChI=1S/C18H26N2O4/c21-13-16-12-20(11-15(16)10-19-5-7-24-8-6-19)18(23)9-14-1-3-17(22)4-2-14/h1-4,15-16,21-22H,5-13H2/t15-,16-/m0/s1. The van der Waals surface area contributed by atoms with Crippen LogP contribution in [0.5, 0.6) is 5.75 Å². The number of carbonyl (C=O) groups is 1. The molecule has 132 valence electrons. The predicted octanol–water partition coefficient (Wildman–Crippen LogP) is 0.334. The van der Waals surface area contributed by atoms with Gasteiger partial charge in [0.1, 0.15) is 5.75 Å². The lowest BCUT2D eigenvalue weighted by Crippen LogP contribution is -2.41. The number of hydrogen-bond acceptors (Lipinski definition) is 5. The van der Waals surface area contributed by atoms with Crippen LogP contribution in [-0.4, -0.2) is 78.5 Å². The fourth-order valence-electron chi connectivity index (χ4n) is 3.57. The molecule has 0 spiro atoms. The van der Waals surface area contributed by atoms with Crippen LogP contribution >= 0.6 is 0 Å². The molecule has 0 radical (unpaired) electrons. The Morgan fingerprint density at radius 1 is 1.12 bits per heavy atom. The molecule has 2 heterocycles. The molecule has 2 aliphatic rings. The van der Waals surface area contributed by atoms with E-state index >= 15 is 0 Å². The van der Waals surface area contributed by atoms with Crippen molar-refractivity contribution in [2.45, 2.75) is 6.42 Å². The molecule has 24 heavy (non-hydrogen) atoms. The summed E-state index contributed by atoms with van der Waals surface area (Å²) < 4.78 is 5.38. The van der Waals surface area contributed by atoms with Crippen LogP contribution in [-0.2, 0) is 16.0 Å². The highest BCUT2D eigenvalue weighted by molar-refractivity contribution is 5.79. The molecule has 6 nitrogen and oxygen atoms in total. The molecule has 0 aromatic heterocycles. The number of hydrogen-bond donors (Lipinski definition) is 2. The number of ether oxygens (including phenoxy) is 1. The molecule has 0 aliphatic carbocycles. The number of carbonyl (C=O) groups excluding carboxylic acids is 1. The minimum atomic E-state index is 0.0867. The zero-order chi connectivity index (χ0) is 16.9. The molecule has 2 N–H and O–H groups in total. The van der Waals surface area contributed by atoms with Crippen LogP contribution < -0.4 is 0 Å². The van der Waals surface area contributed by atoms with Crippen molar-refractivity contribution < 1.29 is 19.7 Å². The van der Waals surface area contributed by atoms with Crippen molar-refractivity contribution >= 4 is 5.91 Å². The van der Waals surface area contributed by atoms with Crippen LogP contribution in [0.4, 0.5) is 0 Å². The van der Waals surface area contributed by atoms with Gasteiger partial charge in [-0.05, 0) is 23.6 Å². The number of likely N-dealkylation sites (tertiary alicyclic amines) is 1. The molecule has 2 fully saturated rings. The Hall–Kier alpha value is -1.63. The lowest BCUT2D eigenvalue weighted by molar-refractivity contribution is -0.129. The number of amides is 1. The van der Waals surface area contributed by atoms with E-state index in [1.807, 2.05) is 4.90 Å². The van der Waals surface area contributed by atoms with Crippen molar-refractivity contribution in [2.75, 3.05) is 52.5 Å². The van der Waals surface area contributed by atoms with E-state index in [0.29, 0.717) is 25.4 Å². The van der Waals surface area contributed by atoms with Gasteiger partial charge in [-0.2, -0.15) is 0 Å². The van der Waals surface area contributed by atoms with Crippen LogP contribution in [0, 0.1) is 11.8 Å². The first kappa shape index (κ1) is 17.2. The second-order valence-electron chi connectivity index (χ2n) is 6.76. The minimum absolute atomic E-state index is 0.0867. The first-order valence-electron chi connectivity index (χ1n) is 8.62. The van der Waals surface area contributed by atoms with Gasteiger partial charge in [0.25, 0.3) is 0 Å². The number of morpholine rings is 1. The van der Waals surface area contributed by atoms with Gasteiger partial charge in [-0.15, -0.1) is 0 Å². The zero-order valence-corrected chi connectivity index (χ0v) is 13.9. The third-order valence-corrected chi connectivity index (χ3v) is 5.05. The molecule has 2 saturated heterocycles. The van der Waals surface area contributed by atoms with Crippen LogP contribution in [0.15, 0.2) is 24.3 Å². The molecule has 0 bridgehead atoms. The topological polar surface area (TPSA) is 73.2 Å². The Morgan fingerprint density at radius 2 is 1.79 bits per heavy atom. The number of aliphatic hydroxyl groups excluding tert-OH is 1. The summed E-state index contributed by atoms with van der Waals surface area (Å²) in [6.07, 6.45) is 0.336. The number of phenolic OH excluding ortho intramolecular Hbond substituents is 1. The first-order valence-corrected chi connectivity index (χ1v) is 8.62. The Morgan fingerprint density at radius 3 is 2.46 bits per heavy atom.